The average molecular weight is 585 g/mol. The molecule has 1 unspecified atom stereocenters. The second-order valence-electron chi connectivity index (χ2n) is 11.1. The first-order valence-corrected chi connectivity index (χ1v) is 14.7. The summed E-state index contributed by atoms with van der Waals surface area (Å²) in [6.07, 6.45) is 7.04. The number of benzene rings is 1. The number of ether oxygens (including phenoxy) is 2. The van der Waals surface area contributed by atoms with Gasteiger partial charge in [-0.05, 0) is 76.7 Å². The quantitative estimate of drug-likeness (QED) is 0.400. The molecule has 1 atom stereocenters. The number of carbonyl (C=O) groups is 1. The van der Waals surface area contributed by atoms with E-state index in [1.54, 1.807) is 19.2 Å². The predicted octanol–water partition coefficient (Wildman–Crippen LogP) is 4.91. The number of aromatic nitrogens is 3. The van der Waals surface area contributed by atoms with Crippen molar-refractivity contribution < 1.29 is 23.8 Å². The van der Waals surface area contributed by atoms with E-state index in [1.807, 2.05) is 4.90 Å². The molecule has 6 rings (SSSR count). The van der Waals surface area contributed by atoms with Crippen LogP contribution in [0.5, 0.6) is 11.8 Å². The molecule has 1 amide bonds. The molecule has 2 N–H and O–H groups in total. The van der Waals surface area contributed by atoms with Crippen LogP contribution in [-0.2, 0) is 4.74 Å². The zero-order valence-corrected chi connectivity index (χ0v) is 23.8. The highest BCUT2D eigenvalue weighted by molar-refractivity contribution is 6.31. The lowest BCUT2D eigenvalue weighted by Crippen LogP contribution is -2.48. The highest BCUT2D eigenvalue weighted by atomic mass is 35.5. The van der Waals surface area contributed by atoms with Crippen LogP contribution in [0.4, 0.5) is 15.0 Å². The van der Waals surface area contributed by atoms with Crippen LogP contribution in [0.15, 0.2) is 24.4 Å². The Kier molecular flexibility index (Phi) is 7.74. The van der Waals surface area contributed by atoms with E-state index >= 15 is 4.39 Å². The summed E-state index contributed by atoms with van der Waals surface area (Å²) < 4.78 is 27.5. The molecule has 0 spiro atoms. The summed E-state index contributed by atoms with van der Waals surface area (Å²) in [4.78, 5) is 30.3. The summed E-state index contributed by atoms with van der Waals surface area (Å²) in [6.45, 7) is 5.74. The van der Waals surface area contributed by atoms with Gasteiger partial charge in [0.1, 0.15) is 29.4 Å². The van der Waals surface area contributed by atoms with Gasteiger partial charge in [-0.2, -0.15) is 9.97 Å². The Morgan fingerprint density at radius 1 is 1.20 bits per heavy atom. The summed E-state index contributed by atoms with van der Waals surface area (Å²) in [5.74, 6) is -0.247. The first kappa shape index (κ1) is 27.7. The van der Waals surface area contributed by atoms with Crippen LogP contribution < -0.4 is 15.0 Å². The maximum absolute atomic E-state index is 16.2. The van der Waals surface area contributed by atoms with Crippen LogP contribution in [0, 0.1) is 5.82 Å². The lowest BCUT2D eigenvalue weighted by Gasteiger charge is -2.34. The molecule has 3 aromatic rings. The van der Waals surface area contributed by atoms with Crippen molar-refractivity contribution in [3.63, 3.8) is 0 Å². The van der Waals surface area contributed by atoms with E-state index in [-0.39, 0.29) is 46.2 Å². The van der Waals surface area contributed by atoms with E-state index in [2.05, 4.69) is 20.2 Å². The third kappa shape index (κ3) is 5.57. The number of hydrogen-bond acceptors (Lipinski definition) is 9. The zero-order valence-electron chi connectivity index (χ0n) is 23.0. The van der Waals surface area contributed by atoms with Crippen molar-refractivity contribution in [1.82, 2.24) is 25.2 Å². The molecule has 0 aliphatic carbocycles. The van der Waals surface area contributed by atoms with E-state index in [9.17, 15) is 9.90 Å². The van der Waals surface area contributed by atoms with Gasteiger partial charge in [-0.15, -0.1) is 0 Å². The highest BCUT2D eigenvalue weighted by Crippen LogP contribution is 2.40. The molecule has 3 fully saturated rings. The number of amides is 1. The molecule has 10 nitrogen and oxygen atoms in total. The average Bonchev–Trinajstić information content (AvgIpc) is 3.52. The monoisotopic (exact) mass is 584 g/mol. The van der Waals surface area contributed by atoms with Gasteiger partial charge in [-0.1, -0.05) is 11.6 Å². The number of aromatic hydroxyl groups is 1. The second-order valence-corrected chi connectivity index (χ2v) is 11.5. The van der Waals surface area contributed by atoms with E-state index in [4.69, 9.17) is 26.1 Å². The number of pyridine rings is 1. The number of halogens is 2. The molecule has 3 saturated heterocycles. The smallest absolute Gasteiger partial charge is 0.407 e. The molecule has 5 heterocycles. The molecule has 41 heavy (non-hydrogen) atoms. The lowest BCUT2D eigenvalue weighted by atomic mass is 9.95. The normalized spacial score (nSPS) is 20.3. The number of anilines is 1. The minimum absolute atomic E-state index is 0.0164. The third-order valence-corrected chi connectivity index (χ3v) is 8.62. The predicted molar refractivity (Wildman–Crippen MR) is 153 cm³/mol. The number of nitrogens with one attached hydrogen (secondary N) is 1. The maximum atomic E-state index is 16.2. The van der Waals surface area contributed by atoms with Gasteiger partial charge in [0.15, 0.2) is 5.82 Å². The second kappa shape index (κ2) is 11.4. The van der Waals surface area contributed by atoms with E-state index in [0.29, 0.717) is 36.5 Å². The zero-order chi connectivity index (χ0) is 28.6. The fourth-order valence-electron chi connectivity index (χ4n) is 6.53. The van der Waals surface area contributed by atoms with Gasteiger partial charge in [-0.25, -0.2) is 9.18 Å². The SMILES string of the molecule is CCOC(=O)NC1CCCN(c2nc(OCC34CCCN3CCC4)nc3c(F)c(-c4cc(O)cc(Cl)c4)ncc23)C1. The van der Waals surface area contributed by atoms with Gasteiger partial charge < -0.3 is 24.8 Å². The van der Waals surface area contributed by atoms with Gasteiger partial charge in [0.25, 0.3) is 0 Å². The van der Waals surface area contributed by atoms with Crippen molar-refractivity contribution in [1.29, 1.82) is 0 Å². The Morgan fingerprint density at radius 2 is 2.00 bits per heavy atom. The highest BCUT2D eigenvalue weighted by Gasteiger charge is 2.45. The number of hydrogen-bond donors (Lipinski definition) is 2. The molecule has 0 radical (unpaired) electrons. The Bertz CT molecular complexity index is 1430. The Morgan fingerprint density at radius 3 is 2.76 bits per heavy atom. The molecule has 0 saturated carbocycles. The van der Waals surface area contributed by atoms with E-state index in [0.717, 1.165) is 51.6 Å². The number of rotatable bonds is 7. The summed E-state index contributed by atoms with van der Waals surface area (Å²) in [6, 6.07) is 4.27. The molecule has 1 aromatic carbocycles. The Labute approximate surface area is 242 Å². The van der Waals surface area contributed by atoms with Crippen molar-refractivity contribution in [2.24, 2.45) is 0 Å². The summed E-state index contributed by atoms with van der Waals surface area (Å²) in [5, 5.41) is 13.7. The summed E-state index contributed by atoms with van der Waals surface area (Å²) in [7, 11) is 0. The number of alkyl carbamates (subject to hydrolysis) is 1. The number of carbonyl (C=O) groups excluding carboxylic acids is 1. The summed E-state index contributed by atoms with van der Waals surface area (Å²) >= 11 is 6.13. The van der Waals surface area contributed by atoms with Gasteiger partial charge in [0.05, 0.1) is 17.5 Å². The van der Waals surface area contributed by atoms with Crippen LogP contribution in [0.25, 0.3) is 22.2 Å². The minimum atomic E-state index is -0.655. The lowest BCUT2D eigenvalue weighted by molar-refractivity contribution is 0.108. The van der Waals surface area contributed by atoms with Crippen molar-refractivity contribution in [2.75, 3.05) is 44.3 Å². The minimum Gasteiger partial charge on any atom is -0.508 e. The number of fused-ring (bicyclic) bond motifs is 2. The number of nitrogens with zero attached hydrogens (tertiary/aromatic N) is 5. The molecule has 3 aliphatic heterocycles. The number of phenols is 1. The molecular weight excluding hydrogens is 551 g/mol. The van der Waals surface area contributed by atoms with Gasteiger partial charge >= 0.3 is 12.1 Å². The maximum Gasteiger partial charge on any atom is 0.407 e. The van der Waals surface area contributed by atoms with Crippen molar-refractivity contribution in [2.45, 2.75) is 57.0 Å². The Balaban J connectivity index is 1.38. The van der Waals surface area contributed by atoms with Crippen LogP contribution >= 0.6 is 11.6 Å². The molecule has 12 heteroatoms. The van der Waals surface area contributed by atoms with Crippen LogP contribution in [0.1, 0.15) is 45.4 Å². The van der Waals surface area contributed by atoms with Crippen molar-refractivity contribution in [3.05, 3.63) is 35.2 Å². The fourth-order valence-corrected chi connectivity index (χ4v) is 6.76. The molecule has 3 aliphatic rings. The van der Waals surface area contributed by atoms with E-state index in [1.165, 1.54) is 12.1 Å². The van der Waals surface area contributed by atoms with Crippen molar-refractivity contribution >= 4 is 34.4 Å². The number of piperidine rings is 1. The van der Waals surface area contributed by atoms with Gasteiger partial charge in [0.2, 0.25) is 0 Å². The van der Waals surface area contributed by atoms with Crippen molar-refractivity contribution in [3.8, 4) is 23.0 Å². The molecule has 2 aromatic heterocycles. The fraction of sp³-hybridized carbons (Fsp3) is 0.517. The Hall–Kier alpha value is -3.44. The van der Waals surface area contributed by atoms with Crippen LogP contribution in [0.2, 0.25) is 5.02 Å². The van der Waals surface area contributed by atoms with Gasteiger partial charge in [0, 0.05) is 35.9 Å². The van der Waals surface area contributed by atoms with E-state index < -0.39 is 11.9 Å². The first-order chi connectivity index (χ1) is 19.8. The molecule has 0 bridgehead atoms. The molecule has 218 valence electrons. The van der Waals surface area contributed by atoms with Crippen LogP contribution in [0.3, 0.4) is 0 Å². The third-order valence-electron chi connectivity index (χ3n) is 8.40. The number of phenolic OH excluding ortho intramolecular Hbond substituents is 1. The standard InChI is InChI=1S/C29H34ClFN6O4/c1-2-40-28(39)33-20-6-3-9-36(16-20)26-22-15-32-24(18-12-19(30)14-21(38)13-18)23(31)25(22)34-27(35-26)41-17-29-7-4-10-37(29)11-5-8-29/h12-15,20,38H,2-11,16-17H2,1H3,(H,33,39). The van der Waals surface area contributed by atoms with Gasteiger partial charge in [-0.3, -0.25) is 9.88 Å². The largest absolute Gasteiger partial charge is 0.508 e. The van der Waals surface area contributed by atoms with Crippen LogP contribution in [-0.4, -0.2) is 82.0 Å². The topological polar surface area (TPSA) is 113 Å². The molecular formula is C29H34ClFN6O4. The summed E-state index contributed by atoms with van der Waals surface area (Å²) in [5.41, 5.74) is 0.392. The first-order valence-electron chi connectivity index (χ1n) is 14.3.